The van der Waals surface area contributed by atoms with Crippen LogP contribution < -0.4 is 0 Å². The van der Waals surface area contributed by atoms with E-state index in [9.17, 15) is 4.79 Å². The second-order valence-electron chi connectivity index (χ2n) is 5.85. The van der Waals surface area contributed by atoms with Gasteiger partial charge in [-0.2, -0.15) is 5.10 Å². The first-order valence-corrected chi connectivity index (χ1v) is 9.66. The van der Waals surface area contributed by atoms with Gasteiger partial charge in [0.2, 0.25) is 0 Å². The molecule has 1 atom stereocenters. The van der Waals surface area contributed by atoms with E-state index in [-0.39, 0.29) is 17.7 Å². The van der Waals surface area contributed by atoms with Crippen LogP contribution in [0.2, 0.25) is 5.02 Å². The molecule has 0 N–H and O–H groups in total. The summed E-state index contributed by atoms with van der Waals surface area (Å²) in [5, 5.41) is 7.30. The summed E-state index contributed by atoms with van der Waals surface area (Å²) in [7, 11) is 0. The van der Waals surface area contributed by atoms with Gasteiger partial charge in [0.15, 0.2) is 5.16 Å². The van der Waals surface area contributed by atoms with E-state index in [4.69, 9.17) is 16.0 Å². The summed E-state index contributed by atoms with van der Waals surface area (Å²) in [4.78, 5) is 21.1. The van der Waals surface area contributed by atoms with Crippen LogP contribution in [0, 0.1) is 0 Å². The Kier molecular flexibility index (Phi) is 5.22. The number of furan rings is 1. The lowest BCUT2D eigenvalue weighted by molar-refractivity contribution is -0.130. The summed E-state index contributed by atoms with van der Waals surface area (Å²) in [6, 6.07) is 12.6. The summed E-state index contributed by atoms with van der Waals surface area (Å²) in [6.45, 7) is 0. The fourth-order valence-electron chi connectivity index (χ4n) is 2.81. The third kappa shape index (κ3) is 4.04. The zero-order valence-corrected chi connectivity index (χ0v) is 15.7. The lowest BCUT2D eigenvalue weighted by Gasteiger charge is -2.19. The maximum atomic E-state index is 12.8. The van der Waals surface area contributed by atoms with Crippen molar-refractivity contribution in [2.45, 2.75) is 17.6 Å². The van der Waals surface area contributed by atoms with Crippen molar-refractivity contribution in [3.8, 4) is 0 Å². The van der Waals surface area contributed by atoms with E-state index in [1.54, 1.807) is 24.7 Å². The fraction of sp³-hybridized carbons (Fsp3) is 0.158. The van der Waals surface area contributed by atoms with Gasteiger partial charge in [0, 0.05) is 23.8 Å². The first kappa shape index (κ1) is 17.8. The molecule has 1 unspecified atom stereocenters. The van der Waals surface area contributed by atoms with Crippen LogP contribution in [0.15, 0.2) is 75.8 Å². The van der Waals surface area contributed by atoms with Gasteiger partial charge in [-0.05, 0) is 35.9 Å². The highest BCUT2D eigenvalue weighted by atomic mass is 35.5. The van der Waals surface area contributed by atoms with Gasteiger partial charge in [0.1, 0.15) is 11.8 Å². The molecular weight excluding hydrogens is 384 g/mol. The summed E-state index contributed by atoms with van der Waals surface area (Å²) in [6.07, 6.45) is 5.48. The van der Waals surface area contributed by atoms with Crippen LogP contribution in [0.3, 0.4) is 0 Å². The molecule has 1 aromatic carbocycles. The van der Waals surface area contributed by atoms with Gasteiger partial charge >= 0.3 is 0 Å². The fourth-order valence-corrected chi connectivity index (χ4v) is 3.59. The van der Waals surface area contributed by atoms with Gasteiger partial charge in [0.05, 0.1) is 17.7 Å². The van der Waals surface area contributed by atoms with Crippen molar-refractivity contribution in [2.24, 2.45) is 5.10 Å². The number of aromatic nitrogens is 2. The zero-order valence-electron chi connectivity index (χ0n) is 14.2. The maximum Gasteiger partial charge on any atom is 0.253 e. The van der Waals surface area contributed by atoms with E-state index in [0.717, 1.165) is 11.3 Å². The Morgan fingerprint density at radius 2 is 1.96 bits per heavy atom. The first-order valence-electron chi connectivity index (χ1n) is 8.29. The van der Waals surface area contributed by atoms with Crippen LogP contribution in [0.1, 0.15) is 23.8 Å². The molecule has 0 aliphatic carbocycles. The van der Waals surface area contributed by atoms with Crippen LogP contribution in [0.5, 0.6) is 0 Å². The number of hydrogen-bond donors (Lipinski definition) is 0. The van der Waals surface area contributed by atoms with Gasteiger partial charge in [0.25, 0.3) is 5.91 Å². The van der Waals surface area contributed by atoms with Gasteiger partial charge < -0.3 is 4.42 Å². The molecule has 2 aromatic heterocycles. The average molecular weight is 399 g/mol. The second-order valence-corrected chi connectivity index (χ2v) is 7.23. The molecule has 1 amide bonds. The second kappa shape index (κ2) is 7.94. The minimum Gasteiger partial charge on any atom is -0.467 e. The number of hydrazone groups is 1. The zero-order chi connectivity index (χ0) is 18.6. The van der Waals surface area contributed by atoms with E-state index in [1.807, 2.05) is 36.4 Å². The Bertz CT molecular complexity index is 946. The Morgan fingerprint density at radius 3 is 2.67 bits per heavy atom. The maximum absolute atomic E-state index is 12.8. The molecule has 136 valence electrons. The highest BCUT2D eigenvalue weighted by molar-refractivity contribution is 7.99. The highest BCUT2D eigenvalue weighted by Crippen LogP contribution is 2.34. The van der Waals surface area contributed by atoms with Gasteiger partial charge in [-0.25, -0.2) is 15.0 Å². The third-order valence-electron chi connectivity index (χ3n) is 4.08. The summed E-state index contributed by atoms with van der Waals surface area (Å²) >= 11 is 7.26. The average Bonchev–Trinajstić information content (AvgIpc) is 3.37. The Morgan fingerprint density at radius 1 is 1.19 bits per heavy atom. The van der Waals surface area contributed by atoms with E-state index in [2.05, 4.69) is 15.1 Å². The number of halogens is 1. The summed E-state index contributed by atoms with van der Waals surface area (Å²) < 4.78 is 5.54. The predicted molar refractivity (Wildman–Crippen MR) is 104 cm³/mol. The van der Waals surface area contributed by atoms with Crippen molar-refractivity contribution in [3.05, 3.63) is 77.5 Å². The van der Waals surface area contributed by atoms with Crippen LogP contribution in [-0.2, 0) is 4.79 Å². The van der Waals surface area contributed by atoms with Crippen molar-refractivity contribution >= 4 is 35.0 Å². The lowest BCUT2D eigenvalue weighted by atomic mass is 10.0. The molecule has 0 saturated carbocycles. The number of amides is 1. The number of carbonyl (C=O) groups excluding carboxylic acids is 1. The number of benzene rings is 1. The molecule has 0 spiro atoms. The van der Waals surface area contributed by atoms with Crippen LogP contribution in [0.25, 0.3) is 0 Å². The van der Waals surface area contributed by atoms with Gasteiger partial charge in [-0.3, -0.25) is 4.79 Å². The Balaban J connectivity index is 1.55. The number of nitrogens with zero attached hydrogens (tertiary/aromatic N) is 4. The normalized spacial score (nSPS) is 16.4. The van der Waals surface area contributed by atoms with Crippen molar-refractivity contribution in [2.75, 3.05) is 5.75 Å². The highest BCUT2D eigenvalue weighted by Gasteiger charge is 2.34. The van der Waals surface area contributed by atoms with Crippen LogP contribution in [0.4, 0.5) is 0 Å². The number of hydrogen-bond acceptors (Lipinski definition) is 6. The quantitative estimate of drug-likeness (QED) is 0.476. The molecule has 6 nitrogen and oxygen atoms in total. The predicted octanol–water partition coefficient (Wildman–Crippen LogP) is 4.19. The first-order chi connectivity index (χ1) is 13.2. The molecule has 8 heteroatoms. The molecule has 0 bridgehead atoms. The monoisotopic (exact) mass is 398 g/mol. The molecule has 27 heavy (non-hydrogen) atoms. The lowest BCUT2D eigenvalue weighted by Crippen LogP contribution is -2.28. The van der Waals surface area contributed by atoms with Crippen LogP contribution in [-0.4, -0.2) is 32.3 Å². The van der Waals surface area contributed by atoms with E-state index >= 15 is 0 Å². The van der Waals surface area contributed by atoms with E-state index < -0.39 is 0 Å². The molecule has 1 aliphatic heterocycles. The number of carbonyl (C=O) groups is 1. The van der Waals surface area contributed by atoms with Gasteiger partial charge in [-0.1, -0.05) is 35.5 Å². The van der Waals surface area contributed by atoms with E-state index in [0.29, 0.717) is 22.4 Å². The van der Waals surface area contributed by atoms with Crippen molar-refractivity contribution in [3.63, 3.8) is 0 Å². The molecule has 3 aromatic rings. The molecule has 0 fully saturated rings. The molecule has 3 heterocycles. The topological polar surface area (TPSA) is 71.6 Å². The minimum atomic E-state index is -0.268. The number of thioether (sulfide) groups is 1. The number of rotatable bonds is 5. The standard InChI is InChI=1S/C19H15ClN4O2S/c20-14-6-4-13(5-7-14)15-11-16(17-3-1-10-26-17)24(23-15)18(25)12-27-19-21-8-2-9-22-19/h1-10,16H,11-12H2. The smallest absolute Gasteiger partial charge is 0.253 e. The minimum absolute atomic E-state index is 0.127. The SMILES string of the molecule is O=C(CSc1ncccn1)N1N=C(c2ccc(Cl)cc2)CC1c1ccco1. The van der Waals surface area contributed by atoms with Crippen LogP contribution >= 0.6 is 23.4 Å². The molecule has 4 rings (SSSR count). The van der Waals surface area contributed by atoms with Crippen molar-refractivity contribution in [1.82, 2.24) is 15.0 Å². The van der Waals surface area contributed by atoms with Gasteiger partial charge in [-0.15, -0.1) is 0 Å². The Labute approximate surface area is 165 Å². The largest absolute Gasteiger partial charge is 0.467 e. The molecule has 1 aliphatic rings. The molecular formula is C19H15ClN4O2S. The molecule has 0 radical (unpaired) electrons. The Hall–Kier alpha value is -2.64. The van der Waals surface area contributed by atoms with E-state index in [1.165, 1.54) is 16.8 Å². The molecule has 0 saturated heterocycles. The van der Waals surface area contributed by atoms with Crippen molar-refractivity contribution in [1.29, 1.82) is 0 Å². The van der Waals surface area contributed by atoms with Crippen molar-refractivity contribution < 1.29 is 9.21 Å². The summed E-state index contributed by atoms with van der Waals surface area (Å²) in [5.41, 5.74) is 1.76. The summed E-state index contributed by atoms with van der Waals surface area (Å²) in [5.74, 6) is 0.772. The third-order valence-corrected chi connectivity index (χ3v) is 5.19.